The molecule has 0 saturated carbocycles. The molecule has 125 valence electrons. The molecule has 8 nitrogen and oxygen atoms in total. The van der Waals surface area contributed by atoms with E-state index in [1.165, 1.54) is 0 Å². The minimum absolute atomic E-state index is 0. The molecule has 1 radical (unpaired) electrons. The van der Waals surface area contributed by atoms with Crippen LogP contribution in [0.15, 0.2) is 0 Å². The Morgan fingerprint density at radius 2 is 0.571 bits per heavy atom. The van der Waals surface area contributed by atoms with Crippen LogP contribution in [0, 0.1) is 0 Å². The molecule has 3 aliphatic heterocycles. The Hall–Kier alpha value is 0.186. The van der Waals surface area contributed by atoms with Gasteiger partial charge in [0, 0.05) is 39.3 Å². The van der Waals surface area contributed by atoms with Crippen LogP contribution < -0.4 is 31.9 Å². The summed E-state index contributed by atoms with van der Waals surface area (Å²) in [5.41, 5.74) is 0. The molecule has 9 heteroatoms. The SMILES string of the molecule is C1CNCN2CNCCNCN(CN1)CNCCNC2.[Co+2]. The van der Waals surface area contributed by atoms with Gasteiger partial charge in [-0.25, -0.2) is 0 Å². The second-order valence-electron chi connectivity index (χ2n) is 5.29. The Balaban J connectivity index is 0.00000220. The van der Waals surface area contributed by atoms with Gasteiger partial charge >= 0.3 is 16.8 Å². The number of rotatable bonds is 0. The first kappa shape index (κ1) is 19.2. The van der Waals surface area contributed by atoms with Gasteiger partial charge in [-0.2, -0.15) is 0 Å². The van der Waals surface area contributed by atoms with Crippen LogP contribution in [0.1, 0.15) is 0 Å². The van der Waals surface area contributed by atoms with Crippen molar-refractivity contribution in [3.05, 3.63) is 0 Å². The molecule has 0 unspecified atom stereocenters. The van der Waals surface area contributed by atoms with Crippen LogP contribution in [0.5, 0.6) is 0 Å². The Bertz CT molecular complexity index is 183. The van der Waals surface area contributed by atoms with Crippen molar-refractivity contribution in [1.82, 2.24) is 41.7 Å². The van der Waals surface area contributed by atoms with E-state index in [1.54, 1.807) is 0 Å². The van der Waals surface area contributed by atoms with Crippen molar-refractivity contribution in [3.8, 4) is 0 Å². The van der Waals surface area contributed by atoms with Gasteiger partial charge in [0.15, 0.2) is 0 Å². The number of nitrogens with zero attached hydrogens (tertiary/aromatic N) is 2. The zero-order valence-electron chi connectivity index (χ0n) is 12.7. The maximum absolute atomic E-state index is 3.48. The quantitative estimate of drug-likeness (QED) is 0.276. The van der Waals surface area contributed by atoms with E-state index in [1.807, 2.05) is 0 Å². The van der Waals surface area contributed by atoms with Gasteiger partial charge < -0.3 is 31.9 Å². The fourth-order valence-electron chi connectivity index (χ4n) is 2.29. The molecule has 3 saturated heterocycles. The molecule has 0 aromatic heterocycles. The number of hydrogen-bond donors (Lipinski definition) is 6. The molecule has 21 heavy (non-hydrogen) atoms. The summed E-state index contributed by atoms with van der Waals surface area (Å²) in [6.45, 7) is 11.4. The summed E-state index contributed by atoms with van der Waals surface area (Å²) in [4.78, 5) is 4.70. The average Bonchev–Trinajstić information content (AvgIpc) is 2.47. The van der Waals surface area contributed by atoms with Crippen molar-refractivity contribution < 1.29 is 16.8 Å². The molecular weight excluding hydrogens is 315 g/mol. The van der Waals surface area contributed by atoms with E-state index in [0.717, 1.165) is 79.3 Å². The smallest absolute Gasteiger partial charge is 0.303 e. The monoisotopic (exact) mass is 345 g/mol. The fraction of sp³-hybridized carbons (Fsp3) is 1.00. The first-order valence-electron chi connectivity index (χ1n) is 7.64. The maximum Gasteiger partial charge on any atom is 2.00 e. The second kappa shape index (κ2) is 12.7. The molecule has 0 aliphatic carbocycles. The molecule has 3 aliphatic rings. The van der Waals surface area contributed by atoms with Gasteiger partial charge in [0.1, 0.15) is 0 Å². The van der Waals surface area contributed by atoms with Crippen LogP contribution in [0.4, 0.5) is 0 Å². The third kappa shape index (κ3) is 9.03. The first-order valence-corrected chi connectivity index (χ1v) is 7.64. The third-order valence-electron chi connectivity index (χ3n) is 3.45. The zero-order valence-corrected chi connectivity index (χ0v) is 13.8. The number of nitrogens with one attached hydrogen (secondary N) is 6. The maximum atomic E-state index is 3.48. The van der Waals surface area contributed by atoms with Gasteiger partial charge in [0.2, 0.25) is 0 Å². The van der Waals surface area contributed by atoms with E-state index in [2.05, 4.69) is 41.7 Å². The summed E-state index contributed by atoms with van der Waals surface area (Å²) in [6.07, 6.45) is 0. The minimum Gasteiger partial charge on any atom is -0.303 e. The van der Waals surface area contributed by atoms with Gasteiger partial charge in [0.05, 0.1) is 40.0 Å². The minimum atomic E-state index is 0. The summed E-state index contributed by atoms with van der Waals surface area (Å²) < 4.78 is 0. The fourth-order valence-corrected chi connectivity index (χ4v) is 2.29. The Kier molecular flexibility index (Phi) is 11.6. The predicted molar refractivity (Wildman–Crippen MR) is 80.9 cm³/mol. The van der Waals surface area contributed by atoms with Crippen molar-refractivity contribution in [2.45, 2.75) is 0 Å². The van der Waals surface area contributed by atoms with E-state index in [-0.39, 0.29) is 16.8 Å². The molecule has 2 bridgehead atoms. The second-order valence-corrected chi connectivity index (χ2v) is 5.29. The van der Waals surface area contributed by atoms with Gasteiger partial charge in [-0.3, -0.25) is 9.80 Å². The van der Waals surface area contributed by atoms with Crippen LogP contribution in [0.3, 0.4) is 0 Å². The standard InChI is InChI=1S/C12H30N8.Co/c1-2-14-8-20-11-17-5-3-15-9-19(7-13-1)10-16-4-6-18-12-20;/h13-18H,1-12H2;/q;+2. The summed E-state index contributed by atoms with van der Waals surface area (Å²) in [6, 6.07) is 0. The van der Waals surface area contributed by atoms with Crippen molar-refractivity contribution >= 4 is 0 Å². The Morgan fingerprint density at radius 3 is 0.762 bits per heavy atom. The average molecular weight is 345 g/mol. The Labute approximate surface area is 138 Å². The topological polar surface area (TPSA) is 78.7 Å². The van der Waals surface area contributed by atoms with Gasteiger partial charge in [-0.15, -0.1) is 0 Å². The van der Waals surface area contributed by atoms with E-state index in [0.29, 0.717) is 0 Å². The van der Waals surface area contributed by atoms with Gasteiger partial charge in [0.25, 0.3) is 0 Å². The van der Waals surface area contributed by atoms with Gasteiger partial charge in [-0.1, -0.05) is 0 Å². The summed E-state index contributed by atoms with van der Waals surface area (Å²) in [7, 11) is 0. The van der Waals surface area contributed by atoms with Crippen molar-refractivity contribution in [3.63, 3.8) is 0 Å². The normalized spacial score (nSPS) is 30.9. The molecule has 0 amide bonds. The number of hydrogen-bond acceptors (Lipinski definition) is 8. The van der Waals surface area contributed by atoms with Crippen LogP contribution in [-0.2, 0) is 16.8 Å². The molecule has 3 rings (SSSR count). The molecular formula is C12H30CoN8+2. The molecule has 0 aromatic rings. The third-order valence-corrected chi connectivity index (χ3v) is 3.45. The van der Waals surface area contributed by atoms with Crippen LogP contribution in [0.25, 0.3) is 0 Å². The number of fused-ring (bicyclic) bond motifs is 15. The first-order chi connectivity index (χ1) is 9.95. The Morgan fingerprint density at radius 1 is 0.381 bits per heavy atom. The summed E-state index contributed by atoms with van der Waals surface area (Å²) in [5, 5.41) is 20.9. The predicted octanol–water partition coefficient (Wildman–Crippen LogP) is -3.10. The molecule has 3 fully saturated rings. The summed E-state index contributed by atoms with van der Waals surface area (Å²) >= 11 is 0. The van der Waals surface area contributed by atoms with E-state index in [9.17, 15) is 0 Å². The van der Waals surface area contributed by atoms with Crippen molar-refractivity contribution in [1.29, 1.82) is 0 Å². The molecule has 3 heterocycles. The molecule has 6 N–H and O–H groups in total. The van der Waals surface area contributed by atoms with Crippen LogP contribution >= 0.6 is 0 Å². The van der Waals surface area contributed by atoms with Crippen LogP contribution in [-0.4, -0.2) is 89.1 Å². The molecule has 0 spiro atoms. The van der Waals surface area contributed by atoms with E-state index < -0.39 is 0 Å². The van der Waals surface area contributed by atoms with Crippen molar-refractivity contribution in [2.75, 3.05) is 79.3 Å². The molecule has 0 atom stereocenters. The largest absolute Gasteiger partial charge is 2.00 e. The zero-order chi connectivity index (χ0) is 13.9. The van der Waals surface area contributed by atoms with E-state index in [4.69, 9.17) is 0 Å². The summed E-state index contributed by atoms with van der Waals surface area (Å²) in [5.74, 6) is 0. The molecule has 0 aromatic carbocycles. The van der Waals surface area contributed by atoms with Crippen molar-refractivity contribution in [2.24, 2.45) is 0 Å². The van der Waals surface area contributed by atoms with Gasteiger partial charge in [-0.05, 0) is 0 Å². The van der Waals surface area contributed by atoms with E-state index >= 15 is 0 Å². The van der Waals surface area contributed by atoms with Crippen LogP contribution in [0.2, 0.25) is 0 Å².